The maximum absolute atomic E-state index is 12.6. The first kappa shape index (κ1) is 17.9. The van der Waals surface area contributed by atoms with Gasteiger partial charge in [-0.25, -0.2) is 0 Å². The molecule has 0 aliphatic rings. The third kappa shape index (κ3) is 4.00. The van der Waals surface area contributed by atoms with Crippen molar-refractivity contribution in [3.63, 3.8) is 0 Å². The Morgan fingerprint density at radius 1 is 1.08 bits per heavy atom. The topological polar surface area (TPSA) is 62.6 Å². The Balaban J connectivity index is 1.94. The van der Waals surface area contributed by atoms with E-state index in [4.69, 9.17) is 4.42 Å². The van der Waals surface area contributed by atoms with Gasteiger partial charge in [-0.15, -0.1) is 0 Å². The van der Waals surface area contributed by atoms with Crippen LogP contribution in [0, 0.1) is 0 Å². The van der Waals surface area contributed by atoms with Gasteiger partial charge in [0.2, 0.25) is 0 Å². The van der Waals surface area contributed by atoms with Gasteiger partial charge in [0, 0.05) is 18.2 Å². The van der Waals surface area contributed by atoms with Gasteiger partial charge in [0.15, 0.2) is 11.0 Å². The van der Waals surface area contributed by atoms with Gasteiger partial charge < -0.3 is 14.6 Å². The molecule has 0 saturated heterocycles. The summed E-state index contributed by atoms with van der Waals surface area (Å²) in [7, 11) is 3.98. The first-order chi connectivity index (χ1) is 12.6. The van der Waals surface area contributed by atoms with Crippen molar-refractivity contribution in [2.24, 2.45) is 0 Å². The number of carbonyl (C=O) groups excluding carboxylic acids is 1. The lowest BCUT2D eigenvalue weighted by molar-refractivity contribution is 0.0953. The first-order valence-electron chi connectivity index (χ1n) is 8.61. The minimum Gasteiger partial charge on any atom is -0.455 e. The van der Waals surface area contributed by atoms with Gasteiger partial charge in [-0.2, -0.15) is 0 Å². The van der Waals surface area contributed by atoms with Gasteiger partial charge in [0.1, 0.15) is 5.76 Å². The standard InChI is InChI=1S/C21H22N2O3/c1-23(2)13-7-12-22-21(25)17-11-6-10-16-18(24)14-19(26-20(16)17)15-8-4-3-5-9-15/h3-6,8-11,14H,7,12-13H2,1-2H3,(H,22,25). The number of benzene rings is 2. The molecule has 3 aromatic rings. The van der Waals surface area contributed by atoms with Crippen LogP contribution in [0.3, 0.4) is 0 Å². The number of amides is 1. The molecule has 0 fully saturated rings. The number of rotatable bonds is 6. The van der Waals surface area contributed by atoms with Crippen molar-refractivity contribution in [1.82, 2.24) is 10.2 Å². The van der Waals surface area contributed by atoms with Gasteiger partial charge in [-0.05, 0) is 39.2 Å². The molecule has 134 valence electrons. The third-order valence-corrected chi connectivity index (χ3v) is 4.13. The molecule has 0 aliphatic carbocycles. The molecule has 0 bridgehead atoms. The van der Waals surface area contributed by atoms with Crippen molar-refractivity contribution in [1.29, 1.82) is 0 Å². The fourth-order valence-electron chi connectivity index (χ4n) is 2.79. The summed E-state index contributed by atoms with van der Waals surface area (Å²) >= 11 is 0. The summed E-state index contributed by atoms with van der Waals surface area (Å²) in [6.07, 6.45) is 0.850. The molecule has 1 aromatic heterocycles. The average molecular weight is 350 g/mol. The molecule has 5 heteroatoms. The monoisotopic (exact) mass is 350 g/mol. The predicted molar refractivity (Wildman–Crippen MR) is 103 cm³/mol. The Labute approximate surface area is 152 Å². The minimum atomic E-state index is -0.234. The van der Waals surface area contributed by atoms with Crippen molar-refractivity contribution in [3.05, 3.63) is 70.4 Å². The van der Waals surface area contributed by atoms with Crippen LogP contribution in [0.4, 0.5) is 0 Å². The normalized spacial score (nSPS) is 11.0. The Morgan fingerprint density at radius 2 is 1.85 bits per heavy atom. The van der Waals surface area contributed by atoms with Crippen molar-refractivity contribution in [2.75, 3.05) is 27.2 Å². The Bertz CT molecular complexity index is 962. The average Bonchev–Trinajstić information content (AvgIpc) is 2.65. The molecule has 1 N–H and O–H groups in total. The fraction of sp³-hybridized carbons (Fsp3) is 0.238. The molecule has 0 unspecified atom stereocenters. The molecule has 0 atom stereocenters. The summed E-state index contributed by atoms with van der Waals surface area (Å²) in [5.74, 6) is 0.221. The molecule has 1 amide bonds. The lowest BCUT2D eigenvalue weighted by atomic mass is 10.1. The van der Waals surface area contributed by atoms with E-state index in [1.807, 2.05) is 44.4 Å². The zero-order valence-electron chi connectivity index (χ0n) is 15.0. The number of hydrogen-bond donors (Lipinski definition) is 1. The maximum atomic E-state index is 12.6. The van der Waals surface area contributed by atoms with Crippen LogP contribution < -0.4 is 10.7 Å². The van der Waals surface area contributed by atoms with Crippen LogP contribution >= 0.6 is 0 Å². The zero-order valence-corrected chi connectivity index (χ0v) is 15.0. The molecule has 1 heterocycles. The summed E-state index contributed by atoms with van der Waals surface area (Å²) in [6.45, 7) is 1.46. The van der Waals surface area contributed by atoms with Crippen molar-refractivity contribution >= 4 is 16.9 Å². The van der Waals surface area contributed by atoms with Crippen molar-refractivity contribution < 1.29 is 9.21 Å². The van der Waals surface area contributed by atoms with Crippen LogP contribution in [-0.4, -0.2) is 38.0 Å². The Morgan fingerprint density at radius 3 is 2.58 bits per heavy atom. The van der Waals surface area contributed by atoms with Crippen LogP contribution in [0.5, 0.6) is 0 Å². The van der Waals surface area contributed by atoms with E-state index in [2.05, 4.69) is 10.2 Å². The summed E-state index contributed by atoms with van der Waals surface area (Å²) in [5, 5.41) is 3.31. The molecule has 0 radical (unpaired) electrons. The van der Waals surface area contributed by atoms with Gasteiger partial charge in [0.25, 0.3) is 5.91 Å². The maximum Gasteiger partial charge on any atom is 0.255 e. The Hall–Kier alpha value is -2.92. The number of nitrogens with one attached hydrogen (secondary N) is 1. The zero-order chi connectivity index (χ0) is 18.5. The molecular weight excluding hydrogens is 328 g/mol. The van der Waals surface area contributed by atoms with Crippen LogP contribution in [0.2, 0.25) is 0 Å². The summed E-state index contributed by atoms with van der Waals surface area (Å²) in [4.78, 5) is 27.1. The van der Waals surface area contributed by atoms with E-state index < -0.39 is 0 Å². The molecule has 2 aromatic carbocycles. The highest BCUT2D eigenvalue weighted by atomic mass is 16.3. The second-order valence-electron chi connectivity index (χ2n) is 6.44. The molecule has 26 heavy (non-hydrogen) atoms. The molecule has 3 rings (SSSR count). The molecule has 0 aliphatic heterocycles. The van der Waals surface area contributed by atoms with E-state index in [-0.39, 0.29) is 11.3 Å². The van der Waals surface area contributed by atoms with E-state index in [0.717, 1.165) is 18.5 Å². The minimum absolute atomic E-state index is 0.160. The van der Waals surface area contributed by atoms with E-state index in [0.29, 0.717) is 28.8 Å². The number of fused-ring (bicyclic) bond motifs is 1. The highest BCUT2D eigenvalue weighted by molar-refractivity contribution is 6.04. The largest absolute Gasteiger partial charge is 0.455 e. The lowest BCUT2D eigenvalue weighted by Crippen LogP contribution is -2.27. The van der Waals surface area contributed by atoms with Crippen molar-refractivity contribution in [3.8, 4) is 11.3 Å². The summed E-state index contributed by atoms with van der Waals surface area (Å²) in [6, 6.07) is 15.9. The second-order valence-corrected chi connectivity index (χ2v) is 6.44. The molecule has 0 spiro atoms. The SMILES string of the molecule is CN(C)CCCNC(=O)c1cccc2c(=O)cc(-c3ccccc3)oc12. The third-order valence-electron chi connectivity index (χ3n) is 4.13. The van der Waals surface area contributed by atoms with Gasteiger partial charge in [-0.3, -0.25) is 9.59 Å². The second kappa shape index (κ2) is 7.97. The van der Waals surface area contributed by atoms with Gasteiger partial charge in [-0.1, -0.05) is 36.4 Å². The number of nitrogens with zero attached hydrogens (tertiary/aromatic N) is 1. The van der Waals surface area contributed by atoms with Crippen LogP contribution in [0.15, 0.2) is 63.8 Å². The van der Waals surface area contributed by atoms with E-state index >= 15 is 0 Å². The molecule has 0 saturated carbocycles. The molecule has 5 nitrogen and oxygen atoms in total. The highest BCUT2D eigenvalue weighted by Crippen LogP contribution is 2.24. The van der Waals surface area contributed by atoms with E-state index in [9.17, 15) is 9.59 Å². The number of carbonyl (C=O) groups is 1. The van der Waals surface area contributed by atoms with Gasteiger partial charge >= 0.3 is 0 Å². The lowest BCUT2D eigenvalue weighted by Gasteiger charge is -2.11. The molecular formula is C21H22N2O3. The summed E-state index contributed by atoms with van der Waals surface area (Å²) in [5.41, 5.74) is 1.34. The number of hydrogen-bond acceptors (Lipinski definition) is 4. The van der Waals surface area contributed by atoms with Crippen LogP contribution in [0.1, 0.15) is 16.8 Å². The highest BCUT2D eigenvalue weighted by Gasteiger charge is 2.15. The van der Waals surface area contributed by atoms with E-state index in [1.165, 1.54) is 6.07 Å². The first-order valence-corrected chi connectivity index (χ1v) is 8.61. The van der Waals surface area contributed by atoms with Crippen molar-refractivity contribution in [2.45, 2.75) is 6.42 Å². The fourth-order valence-corrected chi connectivity index (χ4v) is 2.79. The summed E-state index contributed by atoms with van der Waals surface area (Å²) < 4.78 is 5.96. The van der Waals surface area contributed by atoms with Crippen LogP contribution in [0.25, 0.3) is 22.3 Å². The smallest absolute Gasteiger partial charge is 0.255 e. The quantitative estimate of drug-likeness (QED) is 0.694. The number of para-hydroxylation sites is 1. The Kier molecular flexibility index (Phi) is 5.49. The van der Waals surface area contributed by atoms with Gasteiger partial charge in [0.05, 0.1) is 10.9 Å². The van der Waals surface area contributed by atoms with E-state index in [1.54, 1.807) is 18.2 Å². The predicted octanol–water partition coefficient (Wildman–Crippen LogP) is 3.14. The van der Waals surface area contributed by atoms with Crippen LogP contribution in [-0.2, 0) is 0 Å².